The van der Waals surface area contributed by atoms with Crippen LogP contribution in [0.1, 0.15) is 16.1 Å². The number of amides is 1. The number of carbonyl (C=O) groups is 1. The Hall–Kier alpha value is -2.58. The number of furan rings is 1. The van der Waals surface area contributed by atoms with Crippen LogP contribution in [0.5, 0.6) is 5.75 Å². The second-order valence-electron chi connectivity index (χ2n) is 5.43. The molecule has 2 aromatic carbocycles. The predicted molar refractivity (Wildman–Crippen MR) is 99.8 cm³/mol. The minimum absolute atomic E-state index is 0.0401. The lowest BCUT2D eigenvalue weighted by Crippen LogP contribution is -2.12. The van der Waals surface area contributed by atoms with Crippen molar-refractivity contribution in [3.05, 3.63) is 76.7 Å². The van der Waals surface area contributed by atoms with Crippen molar-refractivity contribution < 1.29 is 21.8 Å². The van der Waals surface area contributed by atoms with E-state index in [9.17, 15) is 13.2 Å². The number of carbonyl (C=O) groups excluding carboxylic acids is 1. The molecular formula is C18H14BrNO5S. The number of hydrogen-bond acceptors (Lipinski definition) is 5. The molecule has 0 bridgehead atoms. The molecule has 6 nitrogen and oxygen atoms in total. The third-order valence-electron chi connectivity index (χ3n) is 3.42. The van der Waals surface area contributed by atoms with Crippen molar-refractivity contribution in [3.63, 3.8) is 0 Å². The van der Waals surface area contributed by atoms with E-state index in [0.29, 0.717) is 10.2 Å². The summed E-state index contributed by atoms with van der Waals surface area (Å²) in [5.74, 6) is -0.0922. The Morgan fingerprint density at radius 2 is 1.85 bits per heavy atom. The molecule has 0 saturated carbocycles. The van der Waals surface area contributed by atoms with Gasteiger partial charge in [-0.1, -0.05) is 6.07 Å². The Morgan fingerprint density at radius 1 is 1.12 bits per heavy atom. The van der Waals surface area contributed by atoms with Crippen molar-refractivity contribution in [3.8, 4) is 5.75 Å². The SMILES string of the molecule is Cc1ccc(S(=O)(=O)Oc2ccc(NC(=O)c3ccco3)cc2)c(Br)c1. The Bertz CT molecular complexity index is 1030. The second kappa shape index (κ2) is 7.35. The van der Waals surface area contributed by atoms with Crippen molar-refractivity contribution in [2.24, 2.45) is 0 Å². The Morgan fingerprint density at radius 3 is 2.46 bits per heavy atom. The largest absolute Gasteiger partial charge is 0.459 e. The number of halogens is 1. The first-order valence-corrected chi connectivity index (χ1v) is 9.71. The summed E-state index contributed by atoms with van der Waals surface area (Å²) in [6.07, 6.45) is 1.40. The van der Waals surface area contributed by atoms with E-state index in [1.54, 1.807) is 24.3 Å². The molecule has 1 N–H and O–H groups in total. The van der Waals surface area contributed by atoms with Gasteiger partial charge >= 0.3 is 10.1 Å². The van der Waals surface area contributed by atoms with Crippen LogP contribution in [0.15, 0.2) is 74.6 Å². The molecule has 1 amide bonds. The maximum absolute atomic E-state index is 12.4. The summed E-state index contributed by atoms with van der Waals surface area (Å²) in [4.78, 5) is 11.9. The molecule has 0 aliphatic rings. The third kappa shape index (κ3) is 4.14. The number of nitrogens with one attached hydrogen (secondary N) is 1. The third-order valence-corrected chi connectivity index (χ3v) is 5.64. The molecule has 0 saturated heterocycles. The topological polar surface area (TPSA) is 85.6 Å². The number of rotatable bonds is 5. The van der Waals surface area contributed by atoms with E-state index >= 15 is 0 Å². The van der Waals surface area contributed by atoms with E-state index in [1.165, 1.54) is 36.6 Å². The van der Waals surface area contributed by atoms with E-state index in [2.05, 4.69) is 21.2 Å². The van der Waals surface area contributed by atoms with Crippen LogP contribution in [-0.2, 0) is 10.1 Å². The van der Waals surface area contributed by atoms with Crippen molar-refractivity contribution in [1.29, 1.82) is 0 Å². The van der Waals surface area contributed by atoms with Gasteiger partial charge in [-0.2, -0.15) is 8.42 Å². The smallest absolute Gasteiger partial charge is 0.340 e. The molecule has 0 fully saturated rings. The molecule has 26 heavy (non-hydrogen) atoms. The van der Waals surface area contributed by atoms with Crippen LogP contribution in [0.4, 0.5) is 5.69 Å². The first-order chi connectivity index (χ1) is 12.3. The van der Waals surface area contributed by atoms with Crippen molar-refractivity contribution in [2.45, 2.75) is 11.8 Å². The maximum Gasteiger partial charge on any atom is 0.340 e. The van der Waals surface area contributed by atoms with Gasteiger partial charge in [-0.25, -0.2) is 0 Å². The molecule has 0 unspecified atom stereocenters. The zero-order chi connectivity index (χ0) is 18.7. The standard InChI is InChI=1S/C18H14BrNO5S/c1-12-4-9-17(15(19)11-12)26(22,23)25-14-7-5-13(6-8-14)20-18(21)16-3-2-10-24-16/h2-11H,1H3,(H,20,21). The van der Waals surface area contributed by atoms with Gasteiger partial charge in [0.2, 0.25) is 0 Å². The molecule has 3 rings (SSSR count). The zero-order valence-electron chi connectivity index (χ0n) is 13.6. The number of hydrogen-bond donors (Lipinski definition) is 1. The van der Waals surface area contributed by atoms with Gasteiger partial charge in [0.1, 0.15) is 10.6 Å². The highest BCUT2D eigenvalue weighted by molar-refractivity contribution is 9.10. The lowest BCUT2D eigenvalue weighted by molar-refractivity contribution is 0.0996. The molecule has 134 valence electrons. The minimum atomic E-state index is -3.98. The fraction of sp³-hybridized carbons (Fsp3) is 0.0556. The maximum atomic E-state index is 12.4. The first-order valence-electron chi connectivity index (χ1n) is 7.51. The lowest BCUT2D eigenvalue weighted by atomic mass is 10.2. The fourth-order valence-electron chi connectivity index (χ4n) is 2.17. The summed E-state index contributed by atoms with van der Waals surface area (Å²) in [7, 11) is -3.98. The molecule has 8 heteroatoms. The Balaban J connectivity index is 1.73. The molecular weight excluding hydrogens is 422 g/mol. The predicted octanol–water partition coefficient (Wildman–Crippen LogP) is 4.37. The van der Waals surface area contributed by atoms with E-state index in [4.69, 9.17) is 8.60 Å². The van der Waals surface area contributed by atoms with E-state index < -0.39 is 16.0 Å². The van der Waals surface area contributed by atoms with Crippen LogP contribution >= 0.6 is 15.9 Å². The van der Waals surface area contributed by atoms with Crippen LogP contribution in [0, 0.1) is 6.92 Å². The molecule has 3 aromatic rings. The summed E-state index contributed by atoms with van der Waals surface area (Å²) in [5.41, 5.74) is 1.40. The summed E-state index contributed by atoms with van der Waals surface area (Å²) in [5, 5.41) is 2.64. The normalized spacial score (nSPS) is 11.2. The van der Waals surface area contributed by atoms with Crippen molar-refractivity contribution >= 4 is 37.6 Å². The Kier molecular flexibility index (Phi) is 5.15. The van der Waals surface area contributed by atoms with E-state index in [0.717, 1.165) is 5.56 Å². The average Bonchev–Trinajstić information content (AvgIpc) is 3.10. The second-order valence-corrected chi connectivity index (χ2v) is 7.80. The van der Waals surface area contributed by atoms with Crippen LogP contribution in [0.3, 0.4) is 0 Å². The van der Waals surface area contributed by atoms with Gasteiger partial charge in [-0.3, -0.25) is 4.79 Å². The fourth-order valence-corrected chi connectivity index (χ4v) is 4.25. The number of benzene rings is 2. The molecule has 1 aromatic heterocycles. The number of anilines is 1. The van der Waals surface area contributed by atoms with Crippen molar-refractivity contribution in [1.82, 2.24) is 0 Å². The highest BCUT2D eigenvalue weighted by atomic mass is 79.9. The van der Waals surface area contributed by atoms with Gasteiger partial charge in [0.25, 0.3) is 5.91 Å². The van der Waals surface area contributed by atoms with Crippen LogP contribution < -0.4 is 9.50 Å². The van der Waals surface area contributed by atoms with Gasteiger partial charge in [0.15, 0.2) is 5.76 Å². The summed E-state index contributed by atoms with van der Waals surface area (Å²) in [6, 6.07) is 14.0. The molecule has 0 radical (unpaired) electrons. The quantitative estimate of drug-likeness (QED) is 0.601. The molecule has 1 heterocycles. The van der Waals surface area contributed by atoms with Gasteiger partial charge in [-0.15, -0.1) is 0 Å². The first kappa shape index (κ1) is 18.2. The van der Waals surface area contributed by atoms with Gasteiger partial charge in [0.05, 0.1) is 6.26 Å². The monoisotopic (exact) mass is 435 g/mol. The van der Waals surface area contributed by atoms with Crippen LogP contribution in [0.2, 0.25) is 0 Å². The summed E-state index contributed by atoms with van der Waals surface area (Å²) >= 11 is 3.24. The molecule has 0 atom stereocenters. The summed E-state index contributed by atoms with van der Waals surface area (Å²) < 4.78 is 35.4. The van der Waals surface area contributed by atoms with Crippen molar-refractivity contribution in [2.75, 3.05) is 5.32 Å². The highest BCUT2D eigenvalue weighted by Crippen LogP contribution is 2.27. The summed E-state index contributed by atoms with van der Waals surface area (Å²) in [6.45, 7) is 1.86. The lowest BCUT2D eigenvalue weighted by Gasteiger charge is -2.10. The van der Waals surface area contributed by atoms with E-state index in [1.807, 2.05) is 6.92 Å². The molecule has 0 spiro atoms. The van der Waals surface area contributed by atoms with Gasteiger partial charge < -0.3 is 13.9 Å². The van der Waals surface area contributed by atoms with Crippen LogP contribution in [0.25, 0.3) is 0 Å². The van der Waals surface area contributed by atoms with Gasteiger partial charge in [-0.05, 0) is 76.9 Å². The molecule has 0 aliphatic heterocycles. The van der Waals surface area contributed by atoms with Crippen LogP contribution in [-0.4, -0.2) is 14.3 Å². The highest BCUT2D eigenvalue weighted by Gasteiger charge is 2.20. The van der Waals surface area contributed by atoms with Gasteiger partial charge in [0, 0.05) is 10.2 Å². The number of aryl methyl sites for hydroxylation is 1. The zero-order valence-corrected chi connectivity index (χ0v) is 16.0. The Labute approximate surface area is 159 Å². The minimum Gasteiger partial charge on any atom is -0.459 e. The molecule has 0 aliphatic carbocycles. The average molecular weight is 436 g/mol. The van der Waals surface area contributed by atoms with E-state index in [-0.39, 0.29) is 16.4 Å².